The second-order valence-corrected chi connectivity index (χ2v) is 4.47. The fourth-order valence-corrected chi connectivity index (χ4v) is 1.76. The average Bonchev–Trinajstić information content (AvgIpc) is 2.85. The molecule has 2 aromatic rings. The number of carbonyl (C=O) groups excluding carboxylic acids is 1. The normalized spacial score (nSPS) is 10.3. The van der Waals surface area contributed by atoms with Crippen molar-refractivity contribution in [2.75, 3.05) is 6.54 Å². The summed E-state index contributed by atoms with van der Waals surface area (Å²) in [7, 11) is 0. The fourth-order valence-electron chi connectivity index (χ4n) is 1.63. The Labute approximate surface area is 111 Å². The Morgan fingerprint density at radius 3 is 2.61 bits per heavy atom. The molecule has 1 amide bonds. The molecule has 1 aromatic carbocycles. The van der Waals surface area contributed by atoms with E-state index in [9.17, 15) is 4.79 Å². The van der Waals surface area contributed by atoms with Crippen LogP contribution in [-0.4, -0.2) is 12.5 Å². The second-order valence-electron chi connectivity index (χ2n) is 4.03. The lowest BCUT2D eigenvalue weighted by atomic mass is 10.1. The zero-order chi connectivity index (χ0) is 12.8. The SMILES string of the molecule is O=C(Cc1ccc(Cl)cc1)NCCc1ccoc1. The van der Waals surface area contributed by atoms with Crippen LogP contribution >= 0.6 is 11.6 Å². The Balaban J connectivity index is 1.73. The molecule has 0 aliphatic heterocycles. The first-order chi connectivity index (χ1) is 8.74. The summed E-state index contributed by atoms with van der Waals surface area (Å²) in [4.78, 5) is 11.7. The van der Waals surface area contributed by atoms with Gasteiger partial charge in [-0.15, -0.1) is 0 Å². The highest BCUT2D eigenvalue weighted by molar-refractivity contribution is 6.30. The van der Waals surface area contributed by atoms with Crippen molar-refractivity contribution in [1.82, 2.24) is 5.32 Å². The maximum Gasteiger partial charge on any atom is 0.224 e. The molecule has 2 rings (SSSR count). The van der Waals surface area contributed by atoms with E-state index in [2.05, 4.69) is 5.32 Å². The lowest BCUT2D eigenvalue weighted by molar-refractivity contribution is -0.120. The lowest BCUT2D eigenvalue weighted by Crippen LogP contribution is -2.27. The van der Waals surface area contributed by atoms with Crippen LogP contribution in [0.2, 0.25) is 5.02 Å². The lowest BCUT2D eigenvalue weighted by Gasteiger charge is -2.04. The first kappa shape index (κ1) is 12.7. The van der Waals surface area contributed by atoms with Crippen LogP contribution in [0.4, 0.5) is 0 Å². The molecule has 0 saturated carbocycles. The third kappa shape index (κ3) is 3.93. The highest BCUT2D eigenvalue weighted by Gasteiger charge is 2.03. The van der Waals surface area contributed by atoms with Crippen LogP contribution in [0.15, 0.2) is 47.3 Å². The number of nitrogens with one attached hydrogen (secondary N) is 1. The van der Waals surface area contributed by atoms with Crippen LogP contribution in [-0.2, 0) is 17.6 Å². The van der Waals surface area contributed by atoms with Crippen molar-refractivity contribution in [3.63, 3.8) is 0 Å². The van der Waals surface area contributed by atoms with Crippen LogP contribution < -0.4 is 5.32 Å². The highest BCUT2D eigenvalue weighted by Crippen LogP contribution is 2.09. The fraction of sp³-hybridized carbons (Fsp3) is 0.214. The van der Waals surface area contributed by atoms with Crippen LogP contribution in [0.1, 0.15) is 11.1 Å². The summed E-state index contributed by atoms with van der Waals surface area (Å²) >= 11 is 5.78. The molecular formula is C14H14ClNO2. The van der Waals surface area contributed by atoms with E-state index in [1.165, 1.54) is 0 Å². The smallest absolute Gasteiger partial charge is 0.224 e. The molecule has 0 saturated heterocycles. The van der Waals surface area contributed by atoms with Gasteiger partial charge in [0.2, 0.25) is 5.91 Å². The van der Waals surface area contributed by atoms with E-state index in [0.29, 0.717) is 18.0 Å². The van der Waals surface area contributed by atoms with E-state index >= 15 is 0 Å². The van der Waals surface area contributed by atoms with Crippen molar-refractivity contribution in [3.8, 4) is 0 Å². The van der Waals surface area contributed by atoms with Crippen molar-refractivity contribution in [1.29, 1.82) is 0 Å². The van der Waals surface area contributed by atoms with Gasteiger partial charge in [0, 0.05) is 11.6 Å². The number of benzene rings is 1. The van der Waals surface area contributed by atoms with Crippen LogP contribution in [0, 0.1) is 0 Å². The van der Waals surface area contributed by atoms with E-state index in [-0.39, 0.29) is 5.91 Å². The molecule has 0 aliphatic carbocycles. The van der Waals surface area contributed by atoms with Gasteiger partial charge in [0.15, 0.2) is 0 Å². The topological polar surface area (TPSA) is 42.2 Å². The Hall–Kier alpha value is -1.74. The number of hydrogen-bond acceptors (Lipinski definition) is 2. The highest BCUT2D eigenvalue weighted by atomic mass is 35.5. The molecule has 0 aliphatic rings. The van der Waals surface area contributed by atoms with E-state index in [0.717, 1.165) is 17.5 Å². The summed E-state index contributed by atoms with van der Waals surface area (Å²) in [5, 5.41) is 3.55. The van der Waals surface area contributed by atoms with Crippen LogP contribution in [0.3, 0.4) is 0 Å². The molecule has 0 fully saturated rings. The van der Waals surface area contributed by atoms with E-state index in [1.807, 2.05) is 18.2 Å². The molecule has 0 radical (unpaired) electrons. The Bertz CT molecular complexity index is 491. The summed E-state index contributed by atoms with van der Waals surface area (Å²) in [6.07, 6.45) is 4.47. The van der Waals surface area contributed by atoms with Crippen molar-refractivity contribution < 1.29 is 9.21 Å². The summed E-state index contributed by atoms with van der Waals surface area (Å²) in [5.74, 6) is 0.0146. The van der Waals surface area contributed by atoms with Gasteiger partial charge in [0.1, 0.15) is 0 Å². The molecule has 94 valence electrons. The summed E-state index contributed by atoms with van der Waals surface area (Å²) < 4.78 is 4.95. The summed E-state index contributed by atoms with van der Waals surface area (Å²) in [6, 6.07) is 9.19. The predicted molar refractivity (Wildman–Crippen MR) is 70.6 cm³/mol. The minimum Gasteiger partial charge on any atom is -0.472 e. The van der Waals surface area contributed by atoms with Gasteiger partial charge >= 0.3 is 0 Å². The molecule has 0 unspecified atom stereocenters. The molecule has 1 heterocycles. The zero-order valence-corrected chi connectivity index (χ0v) is 10.6. The van der Waals surface area contributed by atoms with Gasteiger partial charge in [-0.3, -0.25) is 4.79 Å². The molecule has 0 bridgehead atoms. The standard InChI is InChI=1S/C14H14ClNO2/c15-13-3-1-11(2-4-13)9-14(17)16-7-5-12-6-8-18-10-12/h1-4,6,8,10H,5,7,9H2,(H,16,17). The van der Waals surface area contributed by atoms with Gasteiger partial charge < -0.3 is 9.73 Å². The Morgan fingerprint density at radius 2 is 1.94 bits per heavy atom. The average molecular weight is 264 g/mol. The van der Waals surface area contributed by atoms with E-state index < -0.39 is 0 Å². The predicted octanol–water partition coefficient (Wildman–Crippen LogP) is 2.83. The van der Waals surface area contributed by atoms with Crippen LogP contribution in [0.5, 0.6) is 0 Å². The molecule has 3 nitrogen and oxygen atoms in total. The molecule has 4 heteroatoms. The minimum atomic E-state index is 0.0146. The second kappa shape index (κ2) is 6.26. The molecule has 1 aromatic heterocycles. The molecule has 1 N–H and O–H groups in total. The Morgan fingerprint density at radius 1 is 1.17 bits per heavy atom. The van der Waals surface area contributed by atoms with Crippen molar-refractivity contribution in [3.05, 3.63) is 59.0 Å². The summed E-state index contributed by atoms with van der Waals surface area (Å²) in [6.45, 7) is 0.617. The quantitative estimate of drug-likeness (QED) is 0.901. The molecule has 18 heavy (non-hydrogen) atoms. The summed E-state index contributed by atoms with van der Waals surface area (Å²) in [5.41, 5.74) is 2.04. The van der Waals surface area contributed by atoms with Gasteiger partial charge in [-0.05, 0) is 35.7 Å². The van der Waals surface area contributed by atoms with Crippen LogP contribution in [0.25, 0.3) is 0 Å². The maximum absolute atomic E-state index is 11.7. The third-order valence-electron chi connectivity index (χ3n) is 2.59. The van der Waals surface area contributed by atoms with Crippen molar-refractivity contribution >= 4 is 17.5 Å². The third-order valence-corrected chi connectivity index (χ3v) is 2.85. The van der Waals surface area contributed by atoms with Gasteiger partial charge in [0.25, 0.3) is 0 Å². The number of halogens is 1. The minimum absolute atomic E-state index is 0.0146. The van der Waals surface area contributed by atoms with Gasteiger partial charge in [0.05, 0.1) is 18.9 Å². The van der Waals surface area contributed by atoms with Gasteiger partial charge in [-0.2, -0.15) is 0 Å². The van der Waals surface area contributed by atoms with Crippen molar-refractivity contribution in [2.45, 2.75) is 12.8 Å². The van der Waals surface area contributed by atoms with Crippen molar-refractivity contribution in [2.24, 2.45) is 0 Å². The zero-order valence-electron chi connectivity index (χ0n) is 9.86. The number of amides is 1. The number of rotatable bonds is 5. The molecule has 0 atom stereocenters. The Kier molecular flexibility index (Phi) is 4.42. The van der Waals surface area contributed by atoms with E-state index in [1.54, 1.807) is 24.7 Å². The van der Waals surface area contributed by atoms with E-state index in [4.69, 9.17) is 16.0 Å². The first-order valence-corrected chi connectivity index (χ1v) is 6.14. The first-order valence-electron chi connectivity index (χ1n) is 5.76. The number of furan rings is 1. The molecule has 0 spiro atoms. The monoisotopic (exact) mass is 263 g/mol. The van der Waals surface area contributed by atoms with Gasteiger partial charge in [-0.1, -0.05) is 23.7 Å². The molecular weight excluding hydrogens is 250 g/mol. The number of carbonyl (C=O) groups is 1. The van der Waals surface area contributed by atoms with Gasteiger partial charge in [-0.25, -0.2) is 0 Å². The largest absolute Gasteiger partial charge is 0.472 e. The number of hydrogen-bond donors (Lipinski definition) is 1. The maximum atomic E-state index is 11.7.